The largest absolute Gasteiger partial charge is 0.465 e. The van der Waals surface area contributed by atoms with Crippen LogP contribution in [0.2, 0.25) is 10.0 Å². The number of hydrogen-bond acceptors (Lipinski definition) is 5. The highest BCUT2D eigenvalue weighted by atomic mass is 35.5. The van der Waals surface area contributed by atoms with E-state index >= 15 is 0 Å². The molecule has 1 heterocycles. The number of aromatic nitrogens is 1. The van der Waals surface area contributed by atoms with Crippen LogP contribution in [0.5, 0.6) is 0 Å². The summed E-state index contributed by atoms with van der Waals surface area (Å²) in [6.07, 6.45) is 1.34. The van der Waals surface area contributed by atoms with Gasteiger partial charge in [-0.2, -0.15) is 0 Å². The van der Waals surface area contributed by atoms with Gasteiger partial charge in [-0.1, -0.05) is 35.3 Å². The molecule has 2 aromatic carbocycles. The highest BCUT2D eigenvalue weighted by molar-refractivity contribution is 6.42. The molecule has 0 bridgehead atoms. The summed E-state index contributed by atoms with van der Waals surface area (Å²) in [5, 5.41) is 5.73. The van der Waals surface area contributed by atoms with E-state index in [4.69, 9.17) is 23.2 Å². The summed E-state index contributed by atoms with van der Waals surface area (Å²) >= 11 is 11.9. The number of halogens is 3. The number of methoxy groups -OCH3 is 1. The topological polar surface area (TPSA) is 97.4 Å². The number of pyridine rings is 1. The molecule has 3 aromatic rings. The molecule has 3 rings (SSSR count). The number of carbonyl (C=O) groups excluding carboxylic acids is 3. The summed E-state index contributed by atoms with van der Waals surface area (Å²) in [7, 11) is 1.24. The smallest absolute Gasteiger partial charge is 0.339 e. The molecule has 1 aromatic heterocycles. The quantitative estimate of drug-likeness (QED) is 0.482. The Labute approximate surface area is 198 Å². The van der Waals surface area contributed by atoms with Crippen molar-refractivity contribution in [2.75, 3.05) is 12.4 Å². The van der Waals surface area contributed by atoms with Crippen LogP contribution in [0.4, 0.5) is 10.2 Å². The van der Waals surface area contributed by atoms with Gasteiger partial charge in [0, 0.05) is 18.2 Å². The SMILES string of the molecule is COC(=O)c1ccc(NC(=O)[C@H](Cc2ccc(F)cc2)NC(=O)c2ccc(Cl)c(Cl)c2)nc1. The Balaban J connectivity index is 1.79. The van der Waals surface area contributed by atoms with Crippen molar-refractivity contribution in [2.24, 2.45) is 0 Å². The van der Waals surface area contributed by atoms with Crippen LogP contribution in [0.3, 0.4) is 0 Å². The Kier molecular flexibility index (Phi) is 7.97. The summed E-state index contributed by atoms with van der Waals surface area (Å²) in [6.45, 7) is 0. The van der Waals surface area contributed by atoms with Crippen molar-refractivity contribution >= 4 is 46.8 Å². The van der Waals surface area contributed by atoms with Crippen molar-refractivity contribution in [2.45, 2.75) is 12.5 Å². The van der Waals surface area contributed by atoms with E-state index in [1.807, 2.05) is 0 Å². The molecule has 2 amide bonds. The molecule has 1 atom stereocenters. The molecule has 33 heavy (non-hydrogen) atoms. The second-order valence-electron chi connectivity index (χ2n) is 6.90. The van der Waals surface area contributed by atoms with Crippen LogP contribution in [0, 0.1) is 5.82 Å². The van der Waals surface area contributed by atoms with Gasteiger partial charge in [-0.15, -0.1) is 0 Å². The molecular weight excluding hydrogens is 472 g/mol. The van der Waals surface area contributed by atoms with Crippen molar-refractivity contribution < 1.29 is 23.5 Å². The van der Waals surface area contributed by atoms with E-state index in [0.717, 1.165) is 0 Å². The first-order valence-electron chi connectivity index (χ1n) is 9.62. The number of anilines is 1. The predicted molar refractivity (Wildman–Crippen MR) is 122 cm³/mol. The van der Waals surface area contributed by atoms with Crippen LogP contribution in [0.25, 0.3) is 0 Å². The molecule has 0 saturated carbocycles. The lowest BCUT2D eigenvalue weighted by Crippen LogP contribution is -2.45. The Morgan fingerprint density at radius 2 is 1.70 bits per heavy atom. The maximum absolute atomic E-state index is 13.3. The molecule has 0 spiro atoms. The number of ether oxygens (including phenoxy) is 1. The highest BCUT2D eigenvalue weighted by Gasteiger charge is 2.23. The molecule has 0 unspecified atom stereocenters. The Morgan fingerprint density at radius 1 is 1.00 bits per heavy atom. The van der Waals surface area contributed by atoms with Gasteiger partial charge in [0.1, 0.15) is 17.7 Å². The molecule has 0 fully saturated rings. The summed E-state index contributed by atoms with van der Waals surface area (Å²) in [6, 6.07) is 11.7. The van der Waals surface area contributed by atoms with E-state index in [9.17, 15) is 18.8 Å². The maximum atomic E-state index is 13.3. The normalized spacial score (nSPS) is 11.4. The second kappa shape index (κ2) is 10.9. The highest BCUT2D eigenvalue weighted by Crippen LogP contribution is 2.22. The number of rotatable bonds is 7. The first-order chi connectivity index (χ1) is 15.8. The molecule has 0 saturated heterocycles. The number of nitrogens with zero attached hydrogens (tertiary/aromatic N) is 1. The molecule has 0 aliphatic carbocycles. The van der Waals surface area contributed by atoms with Gasteiger partial charge < -0.3 is 15.4 Å². The van der Waals surface area contributed by atoms with E-state index in [0.29, 0.717) is 5.56 Å². The number of esters is 1. The lowest BCUT2D eigenvalue weighted by molar-refractivity contribution is -0.118. The average molecular weight is 490 g/mol. The third kappa shape index (κ3) is 6.50. The van der Waals surface area contributed by atoms with Crippen LogP contribution in [-0.2, 0) is 16.0 Å². The summed E-state index contributed by atoms with van der Waals surface area (Å²) in [5.74, 6) is -1.94. The minimum absolute atomic E-state index is 0.0828. The molecule has 0 aliphatic rings. The average Bonchev–Trinajstić information content (AvgIpc) is 2.81. The molecule has 2 N–H and O–H groups in total. The Bertz CT molecular complexity index is 1170. The fourth-order valence-electron chi connectivity index (χ4n) is 2.86. The van der Waals surface area contributed by atoms with Gasteiger partial charge in [-0.3, -0.25) is 9.59 Å². The standard InChI is InChI=1S/C23H18Cl2FN3O4/c1-33-23(32)15-5-9-20(27-12-15)29-22(31)19(10-13-2-6-16(26)7-3-13)28-21(30)14-4-8-17(24)18(25)11-14/h2-9,11-12,19H,10H2,1H3,(H,28,30)(H,27,29,31)/t19-/m0/s1. The zero-order valence-corrected chi connectivity index (χ0v) is 18.8. The van der Waals surface area contributed by atoms with Crippen molar-refractivity contribution in [3.05, 3.63) is 93.3 Å². The molecule has 0 aliphatic heterocycles. The van der Waals surface area contributed by atoms with Crippen LogP contribution in [0.1, 0.15) is 26.3 Å². The summed E-state index contributed by atoms with van der Waals surface area (Å²) < 4.78 is 17.9. The molecular formula is C23H18Cl2FN3O4. The van der Waals surface area contributed by atoms with Gasteiger partial charge in [-0.05, 0) is 48.0 Å². The third-order valence-corrected chi connectivity index (χ3v) is 5.33. The first-order valence-corrected chi connectivity index (χ1v) is 10.4. The lowest BCUT2D eigenvalue weighted by atomic mass is 10.0. The van der Waals surface area contributed by atoms with Gasteiger partial charge in [0.05, 0.1) is 22.7 Å². The van der Waals surface area contributed by atoms with Crippen molar-refractivity contribution in [1.29, 1.82) is 0 Å². The Morgan fingerprint density at radius 3 is 2.30 bits per heavy atom. The third-order valence-electron chi connectivity index (χ3n) is 4.59. The van der Waals surface area contributed by atoms with E-state index in [1.54, 1.807) is 0 Å². The minimum Gasteiger partial charge on any atom is -0.465 e. The fraction of sp³-hybridized carbons (Fsp3) is 0.130. The molecule has 170 valence electrons. The van der Waals surface area contributed by atoms with Crippen LogP contribution in [-0.4, -0.2) is 35.9 Å². The Hall–Kier alpha value is -3.49. The van der Waals surface area contributed by atoms with Gasteiger partial charge in [0.25, 0.3) is 5.91 Å². The number of benzene rings is 2. The first kappa shape index (κ1) is 24.2. The van der Waals surface area contributed by atoms with Gasteiger partial charge in [0.2, 0.25) is 5.91 Å². The number of carbonyl (C=O) groups is 3. The molecule has 0 radical (unpaired) electrons. The molecule has 10 heteroatoms. The summed E-state index contributed by atoms with van der Waals surface area (Å²) in [5.41, 5.74) is 1.05. The van der Waals surface area contributed by atoms with E-state index < -0.39 is 29.6 Å². The molecule has 7 nitrogen and oxygen atoms in total. The van der Waals surface area contributed by atoms with Gasteiger partial charge in [-0.25, -0.2) is 14.2 Å². The van der Waals surface area contributed by atoms with Crippen LogP contribution < -0.4 is 10.6 Å². The minimum atomic E-state index is -1.03. The van der Waals surface area contributed by atoms with Gasteiger partial charge in [0.15, 0.2) is 0 Å². The monoisotopic (exact) mass is 489 g/mol. The van der Waals surface area contributed by atoms with Crippen molar-refractivity contribution in [1.82, 2.24) is 10.3 Å². The van der Waals surface area contributed by atoms with Crippen molar-refractivity contribution in [3.8, 4) is 0 Å². The lowest BCUT2D eigenvalue weighted by Gasteiger charge is -2.19. The van der Waals surface area contributed by atoms with Gasteiger partial charge >= 0.3 is 5.97 Å². The summed E-state index contributed by atoms with van der Waals surface area (Å²) in [4.78, 5) is 41.3. The van der Waals surface area contributed by atoms with Crippen LogP contribution >= 0.6 is 23.2 Å². The number of hydrogen-bond donors (Lipinski definition) is 2. The predicted octanol–water partition coefficient (Wildman–Crippen LogP) is 4.29. The number of nitrogens with one attached hydrogen (secondary N) is 2. The second-order valence-corrected chi connectivity index (χ2v) is 7.71. The number of amides is 2. The van der Waals surface area contributed by atoms with Crippen molar-refractivity contribution in [3.63, 3.8) is 0 Å². The zero-order chi connectivity index (χ0) is 24.0. The zero-order valence-electron chi connectivity index (χ0n) is 17.3. The van der Waals surface area contributed by atoms with E-state index in [2.05, 4.69) is 20.4 Å². The maximum Gasteiger partial charge on any atom is 0.339 e. The van der Waals surface area contributed by atoms with E-state index in [1.165, 1.54) is 67.9 Å². The van der Waals surface area contributed by atoms with Crippen LogP contribution in [0.15, 0.2) is 60.8 Å². The fourth-order valence-corrected chi connectivity index (χ4v) is 3.16. The van der Waals surface area contributed by atoms with E-state index in [-0.39, 0.29) is 33.4 Å².